The van der Waals surface area contributed by atoms with Crippen LogP contribution in [0.25, 0.3) is 6.08 Å². The minimum Gasteiger partial charge on any atom is -0.463 e. The lowest BCUT2D eigenvalue weighted by atomic mass is 9.95. The number of carbonyl (C=O) groups is 1. The summed E-state index contributed by atoms with van der Waals surface area (Å²) in [5.41, 5.74) is 0.446. The summed E-state index contributed by atoms with van der Waals surface area (Å²) < 4.78 is 12.5. The van der Waals surface area contributed by atoms with Gasteiger partial charge in [0, 0.05) is 18.2 Å². The fourth-order valence-electron chi connectivity index (χ4n) is 3.58. The molecule has 0 radical (unpaired) electrons. The van der Waals surface area contributed by atoms with Gasteiger partial charge in [-0.25, -0.2) is 9.79 Å². The standard InChI is InChI=1S/C22H19N3O6S/c1-4-30-21(27)18-13(3)23-22-24(19(18)14-6-5-7-15(10-14)25(28)29)20(26)17(32-22)11-16-9-8-12(2)31-16/h5-11,19H,4H2,1-3H3/b17-11-/t19-/m1/s1. The van der Waals surface area contributed by atoms with Crippen LogP contribution >= 0.6 is 11.3 Å². The van der Waals surface area contributed by atoms with Gasteiger partial charge in [0.25, 0.3) is 11.2 Å². The number of allylic oxidation sites excluding steroid dienone is 1. The van der Waals surface area contributed by atoms with E-state index in [0.29, 0.717) is 32.1 Å². The topological polar surface area (TPSA) is 117 Å². The fraction of sp³-hybridized carbons (Fsp3) is 0.227. The maximum Gasteiger partial charge on any atom is 0.338 e. The van der Waals surface area contributed by atoms with E-state index in [4.69, 9.17) is 9.15 Å². The highest BCUT2D eigenvalue weighted by Crippen LogP contribution is 2.32. The number of hydrogen-bond acceptors (Lipinski definition) is 8. The third-order valence-electron chi connectivity index (χ3n) is 4.95. The van der Waals surface area contributed by atoms with Crippen molar-refractivity contribution in [3.63, 3.8) is 0 Å². The van der Waals surface area contributed by atoms with Gasteiger partial charge in [-0.1, -0.05) is 23.5 Å². The number of aromatic nitrogens is 1. The summed E-state index contributed by atoms with van der Waals surface area (Å²) in [6.07, 6.45) is 1.62. The molecule has 4 rings (SSSR count). The number of fused-ring (bicyclic) bond motifs is 1. The van der Waals surface area contributed by atoms with Gasteiger partial charge in [-0.05, 0) is 38.5 Å². The molecule has 0 aliphatic carbocycles. The van der Waals surface area contributed by atoms with Crippen molar-refractivity contribution >= 4 is 29.1 Å². The Morgan fingerprint density at radius 1 is 1.34 bits per heavy atom. The number of rotatable bonds is 5. The third kappa shape index (κ3) is 3.80. The molecule has 0 fully saturated rings. The minimum atomic E-state index is -0.911. The molecule has 32 heavy (non-hydrogen) atoms. The summed E-state index contributed by atoms with van der Waals surface area (Å²) in [7, 11) is 0. The third-order valence-corrected chi connectivity index (χ3v) is 5.93. The van der Waals surface area contributed by atoms with Crippen LogP contribution in [0.1, 0.15) is 37.0 Å². The number of nitrogens with zero attached hydrogens (tertiary/aromatic N) is 3. The number of non-ortho nitro benzene ring substituents is 1. The van der Waals surface area contributed by atoms with E-state index in [0.717, 1.165) is 11.3 Å². The van der Waals surface area contributed by atoms with Crippen LogP contribution in [0.2, 0.25) is 0 Å². The second-order valence-corrected chi connectivity index (χ2v) is 8.11. The molecular formula is C22H19N3O6S. The Hall–Kier alpha value is -3.79. The van der Waals surface area contributed by atoms with Gasteiger partial charge >= 0.3 is 5.97 Å². The molecular weight excluding hydrogens is 434 g/mol. The molecule has 10 heteroatoms. The lowest BCUT2D eigenvalue weighted by molar-refractivity contribution is -0.384. The molecule has 9 nitrogen and oxygen atoms in total. The van der Waals surface area contributed by atoms with Crippen molar-refractivity contribution in [1.29, 1.82) is 0 Å². The molecule has 0 saturated heterocycles. The van der Waals surface area contributed by atoms with Gasteiger partial charge in [0.05, 0.1) is 33.4 Å². The van der Waals surface area contributed by atoms with Gasteiger partial charge in [0.2, 0.25) is 0 Å². The van der Waals surface area contributed by atoms with Crippen LogP contribution < -0.4 is 14.9 Å². The zero-order valence-corrected chi connectivity index (χ0v) is 18.3. The van der Waals surface area contributed by atoms with Gasteiger partial charge in [0.15, 0.2) is 4.80 Å². The predicted molar refractivity (Wildman–Crippen MR) is 117 cm³/mol. The van der Waals surface area contributed by atoms with Crippen molar-refractivity contribution in [2.75, 3.05) is 6.61 Å². The molecule has 0 spiro atoms. The van der Waals surface area contributed by atoms with Crippen LogP contribution in [0.4, 0.5) is 5.69 Å². The average Bonchev–Trinajstić information content (AvgIpc) is 3.30. The summed E-state index contributed by atoms with van der Waals surface area (Å²) in [6, 6.07) is 8.50. The first-order chi connectivity index (χ1) is 15.3. The van der Waals surface area contributed by atoms with Crippen LogP contribution in [0.5, 0.6) is 0 Å². The fourth-order valence-corrected chi connectivity index (χ4v) is 4.60. The van der Waals surface area contributed by atoms with Crippen molar-refractivity contribution in [2.24, 2.45) is 4.99 Å². The summed E-state index contributed by atoms with van der Waals surface area (Å²) in [4.78, 5) is 41.9. The number of hydrogen-bond donors (Lipinski definition) is 0. The Morgan fingerprint density at radius 3 is 2.78 bits per heavy atom. The Bertz CT molecular complexity index is 1440. The SMILES string of the molecule is CCOC(=O)C1=C(C)N=c2s/c(=C\c3ccc(C)o3)c(=O)n2[C@@H]1c1cccc([N+](=O)[O-])c1. The molecule has 164 valence electrons. The first-order valence-corrected chi connectivity index (χ1v) is 10.6. The van der Waals surface area contributed by atoms with E-state index in [2.05, 4.69) is 4.99 Å². The number of esters is 1. The first-order valence-electron chi connectivity index (χ1n) is 9.80. The van der Waals surface area contributed by atoms with Gasteiger partial charge in [-0.2, -0.15) is 0 Å². The summed E-state index contributed by atoms with van der Waals surface area (Å²) >= 11 is 1.15. The summed E-state index contributed by atoms with van der Waals surface area (Å²) in [5.74, 6) is 0.598. The largest absolute Gasteiger partial charge is 0.463 e. The van der Waals surface area contributed by atoms with E-state index in [1.54, 1.807) is 45.0 Å². The van der Waals surface area contributed by atoms with Crippen LogP contribution in [-0.2, 0) is 9.53 Å². The van der Waals surface area contributed by atoms with Crippen molar-refractivity contribution in [3.8, 4) is 0 Å². The predicted octanol–water partition coefficient (Wildman–Crippen LogP) is 2.61. The van der Waals surface area contributed by atoms with Gasteiger partial charge in [-0.15, -0.1) is 0 Å². The quantitative estimate of drug-likeness (QED) is 0.333. The number of carbonyl (C=O) groups excluding carboxylic acids is 1. The van der Waals surface area contributed by atoms with E-state index in [1.165, 1.54) is 22.8 Å². The van der Waals surface area contributed by atoms with Gasteiger partial charge in [0.1, 0.15) is 11.5 Å². The maximum atomic E-state index is 13.4. The summed E-state index contributed by atoms with van der Waals surface area (Å²) in [5, 5.41) is 11.3. The summed E-state index contributed by atoms with van der Waals surface area (Å²) in [6.45, 7) is 5.27. The highest BCUT2D eigenvalue weighted by atomic mass is 32.1. The minimum absolute atomic E-state index is 0.138. The molecule has 0 bridgehead atoms. The maximum absolute atomic E-state index is 13.4. The van der Waals surface area contributed by atoms with E-state index in [-0.39, 0.29) is 23.4 Å². The van der Waals surface area contributed by atoms with Crippen LogP contribution in [0.15, 0.2) is 61.9 Å². The van der Waals surface area contributed by atoms with Crippen molar-refractivity contribution in [2.45, 2.75) is 26.8 Å². The van der Waals surface area contributed by atoms with Gasteiger partial charge in [-0.3, -0.25) is 19.5 Å². The first kappa shape index (κ1) is 21.4. The Balaban J connectivity index is 1.98. The highest BCUT2D eigenvalue weighted by Gasteiger charge is 2.34. The zero-order chi connectivity index (χ0) is 23.0. The number of nitro groups is 1. The van der Waals surface area contributed by atoms with Crippen LogP contribution in [0.3, 0.4) is 0 Å². The van der Waals surface area contributed by atoms with Crippen molar-refractivity contribution in [3.05, 3.63) is 94.6 Å². The number of nitro benzene ring substituents is 1. The average molecular weight is 453 g/mol. The molecule has 0 unspecified atom stereocenters. The van der Waals surface area contributed by atoms with E-state index >= 15 is 0 Å². The molecule has 1 aromatic carbocycles. The number of aryl methyl sites for hydroxylation is 1. The lowest BCUT2D eigenvalue weighted by Crippen LogP contribution is -2.39. The molecule has 1 aliphatic rings. The molecule has 1 atom stereocenters. The van der Waals surface area contributed by atoms with E-state index < -0.39 is 16.9 Å². The molecule has 0 N–H and O–H groups in total. The Morgan fingerprint density at radius 2 is 2.12 bits per heavy atom. The van der Waals surface area contributed by atoms with Crippen LogP contribution in [0, 0.1) is 17.0 Å². The molecule has 2 aromatic heterocycles. The molecule has 3 aromatic rings. The van der Waals surface area contributed by atoms with Crippen molar-refractivity contribution < 1.29 is 18.9 Å². The molecule has 0 saturated carbocycles. The molecule has 1 aliphatic heterocycles. The lowest BCUT2D eigenvalue weighted by Gasteiger charge is -2.24. The Labute approximate surface area is 185 Å². The number of benzene rings is 1. The second-order valence-electron chi connectivity index (χ2n) is 7.10. The normalized spacial score (nSPS) is 16.0. The van der Waals surface area contributed by atoms with E-state index in [9.17, 15) is 19.7 Å². The van der Waals surface area contributed by atoms with Crippen molar-refractivity contribution in [1.82, 2.24) is 4.57 Å². The molecule has 3 heterocycles. The van der Waals surface area contributed by atoms with Gasteiger partial charge < -0.3 is 9.15 Å². The number of ether oxygens (including phenoxy) is 1. The second kappa shape index (κ2) is 8.39. The zero-order valence-electron chi connectivity index (χ0n) is 17.5. The number of thiazole rings is 1. The monoisotopic (exact) mass is 453 g/mol. The molecule has 0 amide bonds. The number of furan rings is 1. The highest BCUT2D eigenvalue weighted by molar-refractivity contribution is 7.07. The van der Waals surface area contributed by atoms with Crippen LogP contribution in [-0.4, -0.2) is 22.1 Å². The van der Waals surface area contributed by atoms with E-state index in [1.807, 2.05) is 0 Å². The smallest absolute Gasteiger partial charge is 0.338 e. The Kier molecular flexibility index (Phi) is 5.62.